The molecule has 0 amide bonds. The summed E-state index contributed by atoms with van der Waals surface area (Å²) in [5.41, 5.74) is 5.54. The quantitative estimate of drug-likeness (QED) is 0.698. The smallest absolute Gasteiger partial charge is 0.222 e. The van der Waals surface area contributed by atoms with Gasteiger partial charge < -0.3 is 10.6 Å². The molecule has 0 atom stereocenters. The van der Waals surface area contributed by atoms with Crippen LogP contribution in [-0.2, 0) is 7.05 Å². The molecule has 0 aliphatic carbocycles. The predicted molar refractivity (Wildman–Crippen MR) is 54.7 cm³/mol. The van der Waals surface area contributed by atoms with Crippen molar-refractivity contribution in [2.24, 2.45) is 7.05 Å². The molecule has 0 saturated carbocycles. The van der Waals surface area contributed by atoms with Gasteiger partial charge in [-0.3, -0.25) is 4.57 Å². The molecule has 0 bridgehead atoms. The Labute approximate surface area is 82.3 Å². The van der Waals surface area contributed by atoms with Gasteiger partial charge in [0, 0.05) is 19.3 Å². The Bertz CT molecular complexity index is 270. The monoisotopic (exact) mass is 201 g/mol. The highest BCUT2D eigenvalue weighted by Crippen LogP contribution is 2.15. The topological polar surface area (TPSA) is 60.0 Å². The third-order valence-electron chi connectivity index (χ3n) is 1.64. The second-order valence-electron chi connectivity index (χ2n) is 3.05. The number of rotatable bonds is 4. The average molecular weight is 201 g/mol. The van der Waals surface area contributed by atoms with Gasteiger partial charge in [0.25, 0.3) is 0 Å². The van der Waals surface area contributed by atoms with Crippen LogP contribution in [0.15, 0.2) is 5.16 Å². The predicted octanol–water partition coefficient (Wildman–Crippen LogP) is 0.0510. The number of nitrogen functional groups attached to an aromatic ring is 1. The Kier molecular flexibility index (Phi) is 3.56. The third kappa shape index (κ3) is 2.89. The van der Waals surface area contributed by atoms with Crippen molar-refractivity contribution in [2.75, 3.05) is 32.1 Å². The minimum Gasteiger partial charge on any atom is -0.368 e. The molecular weight excluding hydrogens is 186 g/mol. The summed E-state index contributed by atoms with van der Waals surface area (Å²) >= 11 is 1.66. The van der Waals surface area contributed by atoms with Gasteiger partial charge in [-0.2, -0.15) is 0 Å². The van der Waals surface area contributed by atoms with Crippen LogP contribution in [0.3, 0.4) is 0 Å². The van der Waals surface area contributed by atoms with E-state index in [0.717, 1.165) is 17.5 Å². The van der Waals surface area contributed by atoms with Crippen molar-refractivity contribution in [2.45, 2.75) is 5.16 Å². The Morgan fingerprint density at radius 2 is 2.15 bits per heavy atom. The van der Waals surface area contributed by atoms with Gasteiger partial charge in [0.2, 0.25) is 5.95 Å². The molecule has 1 aromatic rings. The summed E-state index contributed by atoms with van der Waals surface area (Å²) in [5.74, 6) is 1.46. The van der Waals surface area contributed by atoms with Crippen LogP contribution in [-0.4, -0.2) is 46.1 Å². The molecular formula is C7H15N5S. The lowest BCUT2D eigenvalue weighted by molar-refractivity contribution is 0.437. The van der Waals surface area contributed by atoms with Crippen molar-refractivity contribution in [3.63, 3.8) is 0 Å². The van der Waals surface area contributed by atoms with Crippen LogP contribution < -0.4 is 5.73 Å². The van der Waals surface area contributed by atoms with Crippen LogP contribution in [0.5, 0.6) is 0 Å². The number of aromatic nitrogens is 3. The standard InChI is InChI=1S/C7H15N5S/c1-11(2)4-5-13-7-10-9-6(8)12(7)3/h4-5H2,1-3H3,(H2,8,9). The van der Waals surface area contributed by atoms with Crippen LogP contribution in [0.4, 0.5) is 5.95 Å². The Morgan fingerprint density at radius 3 is 2.62 bits per heavy atom. The summed E-state index contributed by atoms with van der Waals surface area (Å²) in [7, 11) is 5.96. The number of hydrogen-bond donors (Lipinski definition) is 1. The van der Waals surface area contributed by atoms with E-state index in [4.69, 9.17) is 5.73 Å². The highest BCUT2D eigenvalue weighted by Gasteiger charge is 2.05. The van der Waals surface area contributed by atoms with Gasteiger partial charge >= 0.3 is 0 Å². The molecule has 0 spiro atoms. The molecule has 0 aliphatic rings. The molecule has 74 valence electrons. The summed E-state index contributed by atoms with van der Waals surface area (Å²) in [6.07, 6.45) is 0. The van der Waals surface area contributed by atoms with E-state index in [-0.39, 0.29) is 0 Å². The van der Waals surface area contributed by atoms with E-state index in [2.05, 4.69) is 15.1 Å². The van der Waals surface area contributed by atoms with Crippen LogP contribution in [0.1, 0.15) is 0 Å². The lowest BCUT2D eigenvalue weighted by atomic mass is 10.7. The van der Waals surface area contributed by atoms with Gasteiger partial charge in [0.1, 0.15) is 0 Å². The van der Waals surface area contributed by atoms with E-state index in [9.17, 15) is 0 Å². The van der Waals surface area contributed by atoms with Gasteiger partial charge in [-0.1, -0.05) is 11.8 Å². The van der Waals surface area contributed by atoms with Crippen LogP contribution in [0, 0.1) is 0 Å². The molecule has 13 heavy (non-hydrogen) atoms. The first kappa shape index (κ1) is 10.3. The third-order valence-corrected chi connectivity index (χ3v) is 2.64. The summed E-state index contributed by atoms with van der Waals surface area (Å²) in [6, 6.07) is 0. The Morgan fingerprint density at radius 1 is 1.46 bits per heavy atom. The van der Waals surface area contributed by atoms with Crippen molar-refractivity contribution in [3.05, 3.63) is 0 Å². The molecule has 0 aromatic carbocycles. The molecule has 1 aromatic heterocycles. The molecule has 0 fully saturated rings. The lowest BCUT2D eigenvalue weighted by Gasteiger charge is -2.07. The second kappa shape index (κ2) is 4.48. The van der Waals surface area contributed by atoms with Gasteiger partial charge in [-0.05, 0) is 14.1 Å². The van der Waals surface area contributed by atoms with Crippen LogP contribution >= 0.6 is 11.8 Å². The first-order valence-corrected chi connectivity index (χ1v) is 5.02. The normalized spacial score (nSPS) is 11.1. The Balaban J connectivity index is 2.41. The number of nitrogens with zero attached hydrogens (tertiary/aromatic N) is 4. The largest absolute Gasteiger partial charge is 0.368 e. The minimum atomic E-state index is 0.465. The molecule has 2 N–H and O–H groups in total. The number of thioether (sulfide) groups is 1. The average Bonchev–Trinajstić information content (AvgIpc) is 2.35. The molecule has 1 heterocycles. The lowest BCUT2D eigenvalue weighted by Crippen LogP contribution is -2.15. The van der Waals surface area contributed by atoms with Crippen molar-refractivity contribution >= 4 is 17.7 Å². The maximum Gasteiger partial charge on any atom is 0.222 e. The highest BCUT2D eigenvalue weighted by atomic mass is 32.2. The highest BCUT2D eigenvalue weighted by molar-refractivity contribution is 7.99. The van der Waals surface area contributed by atoms with E-state index in [1.807, 2.05) is 21.1 Å². The minimum absolute atomic E-state index is 0.465. The van der Waals surface area contributed by atoms with Gasteiger partial charge in [-0.15, -0.1) is 10.2 Å². The summed E-state index contributed by atoms with van der Waals surface area (Å²) in [6.45, 7) is 1.03. The first-order chi connectivity index (χ1) is 6.11. The van der Waals surface area contributed by atoms with Crippen molar-refractivity contribution in [1.29, 1.82) is 0 Å². The molecule has 0 aliphatic heterocycles. The molecule has 0 saturated heterocycles. The maximum absolute atomic E-state index is 5.54. The van der Waals surface area contributed by atoms with E-state index in [1.165, 1.54) is 0 Å². The maximum atomic E-state index is 5.54. The van der Waals surface area contributed by atoms with Gasteiger partial charge in [-0.25, -0.2) is 0 Å². The summed E-state index contributed by atoms with van der Waals surface area (Å²) < 4.78 is 1.79. The van der Waals surface area contributed by atoms with Crippen LogP contribution in [0.2, 0.25) is 0 Å². The van der Waals surface area contributed by atoms with E-state index >= 15 is 0 Å². The Hall–Kier alpha value is -0.750. The SMILES string of the molecule is CN(C)CCSc1nnc(N)n1C. The zero-order chi connectivity index (χ0) is 9.84. The van der Waals surface area contributed by atoms with E-state index in [0.29, 0.717) is 5.95 Å². The van der Waals surface area contributed by atoms with Crippen molar-refractivity contribution in [1.82, 2.24) is 19.7 Å². The first-order valence-electron chi connectivity index (χ1n) is 4.03. The fourth-order valence-corrected chi connectivity index (χ4v) is 1.80. The summed E-state index contributed by atoms with van der Waals surface area (Å²) in [4.78, 5) is 2.13. The molecule has 6 heteroatoms. The molecule has 0 radical (unpaired) electrons. The number of hydrogen-bond acceptors (Lipinski definition) is 5. The van der Waals surface area contributed by atoms with Crippen molar-refractivity contribution in [3.8, 4) is 0 Å². The number of nitrogens with two attached hydrogens (primary N) is 1. The second-order valence-corrected chi connectivity index (χ2v) is 4.11. The summed E-state index contributed by atoms with van der Waals surface area (Å²) in [5, 5.41) is 8.59. The van der Waals surface area contributed by atoms with E-state index in [1.54, 1.807) is 16.3 Å². The molecule has 1 rings (SSSR count). The fourth-order valence-electron chi connectivity index (χ4n) is 0.771. The van der Waals surface area contributed by atoms with Crippen molar-refractivity contribution < 1.29 is 0 Å². The zero-order valence-electron chi connectivity index (χ0n) is 8.19. The number of anilines is 1. The van der Waals surface area contributed by atoms with Gasteiger partial charge in [0.05, 0.1) is 0 Å². The zero-order valence-corrected chi connectivity index (χ0v) is 9.01. The molecule has 5 nitrogen and oxygen atoms in total. The van der Waals surface area contributed by atoms with Gasteiger partial charge in [0.15, 0.2) is 5.16 Å². The van der Waals surface area contributed by atoms with E-state index < -0.39 is 0 Å². The fraction of sp³-hybridized carbons (Fsp3) is 0.714. The molecule has 0 unspecified atom stereocenters. The van der Waals surface area contributed by atoms with Crippen LogP contribution in [0.25, 0.3) is 0 Å².